The lowest BCUT2D eigenvalue weighted by Crippen LogP contribution is -2.06. The van der Waals surface area contributed by atoms with E-state index in [1.54, 1.807) is 13.8 Å². The summed E-state index contributed by atoms with van der Waals surface area (Å²) in [5, 5.41) is 15.8. The Morgan fingerprint density at radius 3 is 1.73 bits per heavy atom. The van der Waals surface area contributed by atoms with Crippen LogP contribution in [0.2, 0.25) is 0 Å². The molecule has 0 aliphatic rings. The predicted molar refractivity (Wildman–Crippen MR) is 51.4 cm³/mol. The minimum atomic E-state index is -0.979. The van der Waals surface area contributed by atoms with Crippen LogP contribution in [-0.4, -0.2) is 34.7 Å². The van der Waals surface area contributed by atoms with Gasteiger partial charge in [0.05, 0.1) is 19.4 Å². The second-order valence-corrected chi connectivity index (χ2v) is 2.45. The van der Waals surface area contributed by atoms with Gasteiger partial charge in [0.25, 0.3) is 0 Å². The number of carboxylic acids is 2. The molecule has 0 fully saturated rings. The van der Waals surface area contributed by atoms with E-state index in [0.29, 0.717) is 6.61 Å². The largest absolute Gasteiger partial charge is 0.481 e. The molecule has 0 aromatic heterocycles. The van der Waals surface area contributed by atoms with E-state index in [-0.39, 0.29) is 19.3 Å². The molecule has 0 saturated heterocycles. The van der Waals surface area contributed by atoms with Gasteiger partial charge in [0.1, 0.15) is 0 Å². The summed E-state index contributed by atoms with van der Waals surface area (Å²) in [4.78, 5) is 29.7. The Morgan fingerprint density at radius 1 is 1.00 bits per heavy atom. The van der Waals surface area contributed by atoms with Crippen molar-refractivity contribution in [3.63, 3.8) is 0 Å². The van der Waals surface area contributed by atoms with Crippen molar-refractivity contribution in [3.8, 4) is 0 Å². The number of hydrogen-bond acceptors (Lipinski definition) is 4. The number of carbonyl (C=O) groups excluding carboxylic acids is 1. The van der Waals surface area contributed by atoms with Crippen molar-refractivity contribution in [2.75, 3.05) is 6.61 Å². The Bertz CT molecular complexity index is 211. The second-order valence-electron chi connectivity index (χ2n) is 2.45. The maximum atomic E-state index is 10.5. The molecular weight excluding hydrogens is 204 g/mol. The van der Waals surface area contributed by atoms with Crippen molar-refractivity contribution in [1.29, 1.82) is 0 Å². The summed E-state index contributed by atoms with van der Waals surface area (Å²) in [6, 6.07) is 0. The van der Waals surface area contributed by atoms with E-state index in [2.05, 4.69) is 4.74 Å². The Labute approximate surface area is 87.9 Å². The highest BCUT2D eigenvalue weighted by atomic mass is 16.5. The molecule has 0 amide bonds. The molecule has 0 atom stereocenters. The van der Waals surface area contributed by atoms with Crippen molar-refractivity contribution in [3.05, 3.63) is 0 Å². The zero-order valence-electron chi connectivity index (χ0n) is 8.86. The molecule has 6 nitrogen and oxygen atoms in total. The second kappa shape index (κ2) is 10.5. The number of ether oxygens (including phenoxy) is 1. The van der Waals surface area contributed by atoms with E-state index in [1.165, 1.54) is 0 Å². The lowest BCUT2D eigenvalue weighted by molar-refractivity contribution is -0.147. The number of rotatable bonds is 5. The van der Waals surface area contributed by atoms with Gasteiger partial charge in [0, 0.05) is 6.42 Å². The van der Waals surface area contributed by atoms with Gasteiger partial charge in [-0.2, -0.15) is 0 Å². The molecule has 2 N–H and O–H groups in total. The average molecular weight is 220 g/mol. The van der Waals surface area contributed by atoms with E-state index in [1.807, 2.05) is 0 Å². The van der Waals surface area contributed by atoms with Gasteiger partial charge in [-0.1, -0.05) is 6.92 Å². The van der Waals surface area contributed by atoms with Crippen LogP contribution in [0.25, 0.3) is 0 Å². The van der Waals surface area contributed by atoms with Crippen molar-refractivity contribution >= 4 is 17.9 Å². The highest BCUT2D eigenvalue weighted by molar-refractivity contribution is 5.76. The summed E-state index contributed by atoms with van der Waals surface area (Å²) in [5.74, 6) is -2.18. The fraction of sp³-hybridized carbons (Fsp3) is 0.667. The van der Waals surface area contributed by atoms with Crippen LogP contribution in [0.3, 0.4) is 0 Å². The van der Waals surface area contributed by atoms with E-state index >= 15 is 0 Å². The number of hydrogen-bond donors (Lipinski definition) is 2. The third-order valence-corrected chi connectivity index (χ3v) is 1.15. The summed E-state index contributed by atoms with van der Waals surface area (Å²) >= 11 is 0. The Kier molecular flexibility index (Phi) is 11.1. The maximum absolute atomic E-state index is 10.5. The SMILES string of the molecule is CCC(=O)O.CCOC(=O)CCC(=O)O. The van der Waals surface area contributed by atoms with Crippen LogP contribution >= 0.6 is 0 Å². The molecule has 0 radical (unpaired) electrons. The smallest absolute Gasteiger partial charge is 0.306 e. The summed E-state index contributed by atoms with van der Waals surface area (Å²) in [7, 11) is 0. The third-order valence-electron chi connectivity index (χ3n) is 1.15. The zero-order chi connectivity index (χ0) is 12.3. The van der Waals surface area contributed by atoms with Gasteiger partial charge in [-0.05, 0) is 6.92 Å². The summed E-state index contributed by atoms with van der Waals surface area (Å²) < 4.78 is 4.49. The molecular formula is C9H16O6. The van der Waals surface area contributed by atoms with Crippen LogP contribution in [0.15, 0.2) is 0 Å². The molecule has 0 aliphatic carbocycles. The summed E-state index contributed by atoms with van der Waals surface area (Å²) in [5.41, 5.74) is 0. The molecule has 0 rings (SSSR count). The fourth-order valence-electron chi connectivity index (χ4n) is 0.442. The van der Waals surface area contributed by atoms with Crippen LogP contribution in [0, 0.1) is 0 Å². The highest BCUT2D eigenvalue weighted by Gasteiger charge is 2.04. The minimum Gasteiger partial charge on any atom is -0.481 e. The monoisotopic (exact) mass is 220 g/mol. The van der Waals surface area contributed by atoms with Crippen LogP contribution in [-0.2, 0) is 19.1 Å². The van der Waals surface area contributed by atoms with Crippen LogP contribution < -0.4 is 0 Å². The molecule has 0 saturated carbocycles. The van der Waals surface area contributed by atoms with Crippen LogP contribution in [0.1, 0.15) is 33.1 Å². The van der Waals surface area contributed by atoms with Gasteiger partial charge in [0.15, 0.2) is 0 Å². The Hall–Kier alpha value is -1.59. The lowest BCUT2D eigenvalue weighted by atomic mass is 10.3. The van der Waals surface area contributed by atoms with Crippen molar-refractivity contribution < 1.29 is 29.3 Å². The van der Waals surface area contributed by atoms with Gasteiger partial charge in [-0.15, -0.1) is 0 Å². The quantitative estimate of drug-likeness (QED) is 0.667. The average Bonchev–Trinajstić information content (AvgIpc) is 2.16. The van der Waals surface area contributed by atoms with Gasteiger partial charge in [-0.25, -0.2) is 0 Å². The first-order valence-electron chi connectivity index (χ1n) is 4.53. The normalized spacial score (nSPS) is 8.40. The standard InChI is InChI=1S/C6H10O4.C3H6O2/c1-2-10-6(9)4-3-5(7)8;1-2-3(4)5/h2-4H2,1H3,(H,7,8);2H2,1H3,(H,4,5). The van der Waals surface area contributed by atoms with Gasteiger partial charge < -0.3 is 14.9 Å². The topological polar surface area (TPSA) is 101 Å². The fourth-order valence-corrected chi connectivity index (χ4v) is 0.442. The number of carboxylic acid groups (broad SMARTS) is 2. The molecule has 0 aromatic carbocycles. The molecule has 0 aromatic rings. The van der Waals surface area contributed by atoms with Gasteiger partial charge >= 0.3 is 17.9 Å². The molecule has 0 unspecified atom stereocenters. The Morgan fingerprint density at radius 2 is 1.47 bits per heavy atom. The molecule has 6 heteroatoms. The number of esters is 1. The molecule has 0 spiro atoms. The highest BCUT2D eigenvalue weighted by Crippen LogP contribution is 1.91. The van der Waals surface area contributed by atoms with E-state index < -0.39 is 17.9 Å². The van der Waals surface area contributed by atoms with Crippen molar-refractivity contribution in [2.24, 2.45) is 0 Å². The first-order chi connectivity index (χ1) is 6.93. The van der Waals surface area contributed by atoms with Crippen LogP contribution in [0.5, 0.6) is 0 Å². The number of carbonyl (C=O) groups is 3. The molecule has 0 bridgehead atoms. The molecule has 0 heterocycles. The zero-order valence-corrected chi connectivity index (χ0v) is 8.86. The summed E-state index contributed by atoms with van der Waals surface area (Å²) in [6.07, 6.45) is 0.0298. The lowest BCUT2D eigenvalue weighted by Gasteiger charge is -1.97. The third kappa shape index (κ3) is 19.0. The Balaban J connectivity index is 0. The molecule has 15 heavy (non-hydrogen) atoms. The van der Waals surface area contributed by atoms with Crippen molar-refractivity contribution in [1.82, 2.24) is 0 Å². The number of aliphatic carboxylic acids is 2. The van der Waals surface area contributed by atoms with Crippen molar-refractivity contribution in [2.45, 2.75) is 33.1 Å². The first kappa shape index (κ1) is 15.9. The molecule has 0 aliphatic heterocycles. The summed E-state index contributed by atoms with van der Waals surface area (Å²) in [6.45, 7) is 3.58. The van der Waals surface area contributed by atoms with E-state index in [4.69, 9.17) is 10.2 Å². The van der Waals surface area contributed by atoms with Crippen LogP contribution in [0.4, 0.5) is 0 Å². The minimum absolute atomic E-state index is 0.0385. The van der Waals surface area contributed by atoms with Gasteiger partial charge in [0.2, 0.25) is 0 Å². The van der Waals surface area contributed by atoms with E-state index in [9.17, 15) is 14.4 Å². The predicted octanol–water partition coefficient (Wildman–Crippen LogP) is 0.895. The molecule has 88 valence electrons. The van der Waals surface area contributed by atoms with E-state index in [0.717, 1.165) is 0 Å². The van der Waals surface area contributed by atoms with Gasteiger partial charge in [-0.3, -0.25) is 14.4 Å². The first-order valence-corrected chi connectivity index (χ1v) is 4.53. The maximum Gasteiger partial charge on any atom is 0.306 e.